The van der Waals surface area contributed by atoms with Gasteiger partial charge in [-0.1, -0.05) is 0 Å². The van der Waals surface area contributed by atoms with Gasteiger partial charge in [-0.05, 0) is 25.3 Å². The number of hydrogen-bond acceptors (Lipinski definition) is 4. The zero-order chi connectivity index (χ0) is 12.1. The van der Waals surface area contributed by atoms with Gasteiger partial charge in [0.05, 0.1) is 11.7 Å². The molecule has 5 nitrogen and oxygen atoms in total. The van der Waals surface area contributed by atoms with Crippen LogP contribution in [0.1, 0.15) is 29.6 Å². The fraction of sp³-hybridized carbons (Fsp3) is 0.500. The van der Waals surface area contributed by atoms with E-state index in [1.54, 1.807) is 12.3 Å². The Kier molecular flexibility index (Phi) is 3.93. The number of rotatable bonds is 4. The lowest BCUT2D eigenvalue weighted by Gasteiger charge is -2.10. The topological polar surface area (TPSA) is 77.2 Å². The van der Waals surface area contributed by atoms with Crippen molar-refractivity contribution in [1.82, 2.24) is 10.3 Å². The Morgan fingerprint density at radius 2 is 2.53 bits per heavy atom. The van der Waals surface area contributed by atoms with Gasteiger partial charge in [0.15, 0.2) is 0 Å². The molecule has 2 rings (SSSR count). The Bertz CT molecular complexity index is 389. The lowest BCUT2D eigenvalue weighted by Crippen LogP contribution is -2.27. The van der Waals surface area contributed by atoms with Crippen LogP contribution in [0.5, 0.6) is 0 Å². The Morgan fingerprint density at radius 3 is 3.24 bits per heavy atom. The van der Waals surface area contributed by atoms with Crippen molar-refractivity contribution in [1.29, 1.82) is 0 Å². The minimum atomic E-state index is -0.173. The van der Waals surface area contributed by atoms with E-state index in [4.69, 9.17) is 10.5 Å². The number of pyridine rings is 1. The van der Waals surface area contributed by atoms with E-state index in [0.29, 0.717) is 23.9 Å². The number of aromatic nitrogens is 1. The van der Waals surface area contributed by atoms with Crippen molar-refractivity contribution in [2.24, 2.45) is 0 Å². The van der Waals surface area contributed by atoms with Gasteiger partial charge in [-0.3, -0.25) is 9.78 Å². The maximum atomic E-state index is 11.8. The summed E-state index contributed by atoms with van der Waals surface area (Å²) in [4.78, 5) is 15.7. The molecule has 1 saturated heterocycles. The number of nitrogens with two attached hydrogens (primary N) is 1. The molecule has 92 valence electrons. The SMILES string of the molecule is Nc1ccncc1C(=O)NCCC1CCCO1. The Labute approximate surface area is 100 Å². The fourth-order valence-corrected chi connectivity index (χ4v) is 1.91. The van der Waals surface area contributed by atoms with Crippen molar-refractivity contribution < 1.29 is 9.53 Å². The molecule has 1 aromatic heterocycles. The van der Waals surface area contributed by atoms with E-state index >= 15 is 0 Å². The summed E-state index contributed by atoms with van der Waals surface area (Å²) in [7, 11) is 0. The Hall–Kier alpha value is -1.62. The number of hydrogen-bond donors (Lipinski definition) is 2. The smallest absolute Gasteiger partial charge is 0.254 e. The van der Waals surface area contributed by atoms with Gasteiger partial charge in [0.1, 0.15) is 0 Å². The first-order valence-corrected chi connectivity index (χ1v) is 5.86. The van der Waals surface area contributed by atoms with E-state index in [9.17, 15) is 4.79 Å². The second kappa shape index (κ2) is 5.63. The molecule has 17 heavy (non-hydrogen) atoms. The minimum absolute atomic E-state index is 0.173. The molecule has 1 aliphatic heterocycles. The molecule has 1 amide bonds. The molecule has 1 aromatic rings. The lowest BCUT2D eigenvalue weighted by atomic mass is 10.2. The van der Waals surface area contributed by atoms with E-state index < -0.39 is 0 Å². The summed E-state index contributed by atoms with van der Waals surface area (Å²) in [6.07, 6.45) is 6.40. The number of ether oxygens (including phenoxy) is 1. The van der Waals surface area contributed by atoms with Crippen LogP contribution in [-0.2, 0) is 4.74 Å². The third-order valence-electron chi connectivity index (χ3n) is 2.88. The molecule has 1 fully saturated rings. The molecule has 0 aromatic carbocycles. The molecule has 5 heteroatoms. The molecule has 1 atom stereocenters. The second-order valence-corrected chi connectivity index (χ2v) is 4.14. The van der Waals surface area contributed by atoms with Crippen LogP contribution < -0.4 is 11.1 Å². The molecule has 1 aliphatic rings. The number of nitrogens with one attached hydrogen (secondary N) is 1. The maximum absolute atomic E-state index is 11.8. The highest BCUT2D eigenvalue weighted by Gasteiger charge is 2.15. The summed E-state index contributed by atoms with van der Waals surface area (Å²) in [5.41, 5.74) is 6.57. The average molecular weight is 235 g/mol. The lowest BCUT2D eigenvalue weighted by molar-refractivity contribution is 0.0907. The van der Waals surface area contributed by atoms with E-state index in [0.717, 1.165) is 25.9 Å². The normalized spacial score (nSPS) is 19.2. The number of amides is 1. The summed E-state index contributed by atoms with van der Waals surface area (Å²) in [5.74, 6) is -0.173. The van der Waals surface area contributed by atoms with Crippen LogP contribution in [0, 0.1) is 0 Å². The summed E-state index contributed by atoms with van der Waals surface area (Å²) >= 11 is 0. The van der Waals surface area contributed by atoms with Gasteiger partial charge >= 0.3 is 0 Å². The van der Waals surface area contributed by atoms with Gasteiger partial charge in [-0.2, -0.15) is 0 Å². The number of carbonyl (C=O) groups excluding carboxylic acids is 1. The third-order valence-corrected chi connectivity index (χ3v) is 2.88. The molecule has 0 radical (unpaired) electrons. The first kappa shape index (κ1) is 11.9. The van der Waals surface area contributed by atoms with Crippen LogP contribution in [0.15, 0.2) is 18.5 Å². The van der Waals surface area contributed by atoms with Crippen molar-refractivity contribution >= 4 is 11.6 Å². The van der Waals surface area contributed by atoms with Crippen molar-refractivity contribution in [2.75, 3.05) is 18.9 Å². The van der Waals surface area contributed by atoms with Gasteiger partial charge in [0.25, 0.3) is 5.91 Å². The highest BCUT2D eigenvalue weighted by molar-refractivity contribution is 5.98. The maximum Gasteiger partial charge on any atom is 0.254 e. The highest BCUT2D eigenvalue weighted by atomic mass is 16.5. The Balaban J connectivity index is 1.79. The van der Waals surface area contributed by atoms with Gasteiger partial charge in [-0.15, -0.1) is 0 Å². The molecular formula is C12H17N3O2. The fourth-order valence-electron chi connectivity index (χ4n) is 1.91. The number of carbonyl (C=O) groups is 1. The summed E-state index contributed by atoms with van der Waals surface area (Å²) < 4.78 is 5.48. The quantitative estimate of drug-likeness (QED) is 0.815. The largest absolute Gasteiger partial charge is 0.398 e. The number of anilines is 1. The molecule has 0 aliphatic carbocycles. The van der Waals surface area contributed by atoms with Gasteiger partial charge in [0, 0.05) is 31.2 Å². The van der Waals surface area contributed by atoms with E-state index in [1.807, 2.05) is 0 Å². The number of nitrogens with zero attached hydrogens (tertiary/aromatic N) is 1. The van der Waals surface area contributed by atoms with Crippen LogP contribution in [0.3, 0.4) is 0 Å². The van der Waals surface area contributed by atoms with Crippen LogP contribution in [-0.4, -0.2) is 30.1 Å². The zero-order valence-electron chi connectivity index (χ0n) is 9.69. The van der Waals surface area contributed by atoms with Gasteiger partial charge in [0.2, 0.25) is 0 Å². The molecular weight excluding hydrogens is 218 g/mol. The van der Waals surface area contributed by atoms with Crippen LogP contribution >= 0.6 is 0 Å². The summed E-state index contributed by atoms with van der Waals surface area (Å²) in [6, 6.07) is 1.62. The molecule has 0 saturated carbocycles. The molecule has 1 unspecified atom stereocenters. The molecule has 0 bridgehead atoms. The monoisotopic (exact) mass is 235 g/mol. The highest BCUT2D eigenvalue weighted by Crippen LogP contribution is 2.14. The van der Waals surface area contributed by atoms with Crippen molar-refractivity contribution in [3.05, 3.63) is 24.0 Å². The first-order chi connectivity index (χ1) is 8.27. The standard InChI is InChI=1S/C12H17N3O2/c13-11-4-5-14-8-10(11)12(16)15-6-3-9-2-1-7-17-9/h4-5,8-9H,1-3,6-7H2,(H2,13,14)(H,15,16). The van der Waals surface area contributed by atoms with Crippen molar-refractivity contribution in [3.8, 4) is 0 Å². The van der Waals surface area contributed by atoms with E-state index in [1.165, 1.54) is 6.20 Å². The van der Waals surface area contributed by atoms with Gasteiger partial charge in [-0.25, -0.2) is 0 Å². The van der Waals surface area contributed by atoms with Crippen molar-refractivity contribution in [2.45, 2.75) is 25.4 Å². The van der Waals surface area contributed by atoms with Crippen LogP contribution in [0.2, 0.25) is 0 Å². The van der Waals surface area contributed by atoms with Crippen LogP contribution in [0.25, 0.3) is 0 Å². The molecule has 0 spiro atoms. The third kappa shape index (κ3) is 3.17. The first-order valence-electron chi connectivity index (χ1n) is 5.86. The minimum Gasteiger partial charge on any atom is -0.398 e. The van der Waals surface area contributed by atoms with Gasteiger partial charge < -0.3 is 15.8 Å². The number of nitrogen functional groups attached to an aromatic ring is 1. The zero-order valence-corrected chi connectivity index (χ0v) is 9.69. The second-order valence-electron chi connectivity index (χ2n) is 4.14. The van der Waals surface area contributed by atoms with E-state index in [2.05, 4.69) is 10.3 Å². The average Bonchev–Trinajstić information content (AvgIpc) is 2.82. The predicted octanol–water partition coefficient (Wildman–Crippen LogP) is 0.963. The Morgan fingerprint density at radius 1 is 1.65 bits per heavy atom. The molecule has 3 N–H and O–H groups in total. The predicted molar refractivity (Wildman–Crippen MR) is 64.6 cm³/mol. The van der Waals surface area contributed by atoms with Crippen LogP contribution in [0.4, 0.5) is 5.69 Å². The molecule has 2 heterocycles. The summed E-state index contributed by atoms with van der Waals surface area (Å²) in [5, 5.41) is 2.83. The summed E-state index contributed by atoms with van der Waals surface area (Å²) in [6.45, 7) is 1.45. The van der Waals surface area contributed by atoms with Crippen molar-refractivity contribution in [3.63, 3.8) is 0 Å². The van der Waals surface area contributed by atoms with E-state index in [-0.39, 0.29) is 5.91 Å².